The van der Waals surface area contributed by atoms with Crippen LogP contribution < -0.4 is 10.1 Å². The van der Waals surface area contributed by atoms with Crippen LogP contribution in [0.2, 0.25) is 0 Å². The lowest BCUT2D eigenvalue weighted by Gasteiger charge is -2.29. The Morgan fingerprint density at radius 3 is 2.67 bits per heavy atom. The summed E-state index contributed by atoms with van der Waals surface area (Å²) in [4.78, 5) is 14.0. The zero-order valence-electron chi connectivity index (χ0n) is 16.3. The molecular weight excluding hydrogens is 410 g/mol. The van der Waals surface area contributed by atoms with Gasteiger partial charge >= 0.3 is 6.09 Å². The van der Waals surface area contributed by atoms with E-state index in [2.05, 4.69) is 38.3 Å². The van der Waals surface area contributed by atoms with Gasteiger partial charge in [-0.15, -0.1) is 0 Å². The molecule has 6 nitrogen and oxygen atoms in total. The Bertz CT molecular complexity index is 674. The summed E-state index contributed by atoms with van der Waals surface area (Å²) in [6.07, 6.45) is 1.43. The number of carbonyl (C=O) groups is 1. The van der Waals surface area contributed by atoms with Crippen LogP contribution in [0.3, 0.4) is 0 Å². The van der Waals surface area contributed by atoms with Crippen LogP contribution in [-0.2, 0) is 11.3 Å². The molecule has 1 aromatic carbocycles. The number of nitriles is 1. The number of carbonyl (C=O) groups excluding carboxylic acids is 1. The van der Waals surface area contributed by atoms with E-state index in [4.69, 9.17) is 14.7 Å². The molecule has 0 atom stereocenters. The van der Waals surface area contributed by atoms with Crippen molar-refractivity contribution in [1.82, 2.24) is 10.2 Å². The predicted octanol–water partition coefficient (Wildman–Crippen LogP) is 4.09. The van der Waals surface area contributed by atoms with Gasteiger partial charge in [0.05, 0.1) is 12.6 Å². The quantitative estimate of drug-likeness (QED) is 0.678. The molecule has 0 bridgehead atoms. The van der Waals surface area contributed by atoms with Gasteiger partial charge in [-0.1, -0.05) is 15.9 Å². The SMILES string of the molecule is CC(C)(C)OC(=O)NCCOc1cc(Br)cc(CN2CCC(C#N)CC2)c1. The van der Waals surface area contributed by atoms with E-state index in [0.717, 1.165) is 48.3 Å². The van der Waals surface area contributed by atoms with Crippen molar-refractivity contribution in [3.8, 4) is 11.8 Å². The lowest BCUT2D eigenvalue weighted by Crippen LogP contribution is -2.34. The maximum atomic E-state index is 11.6. The molecule has 2 rings (SSSR count). The number of amides is 1. The highest BCUT2D eigenvalue weighted by Gasteiger charge is 2.19. The Labute approximate surface area is 169 Å². The van der Waals surface area contributed by atoms with E-state index in [1.807, 2.05) is 32.9 Å². The Morgan fingerprint density at radius 1 is 1.33 bits per heavy atom. The highest BCUT2D eigenvalue weighted by atomic mass is 79.9. The summed E-state index contributed by atoms with van der Waals surface area (Å²) < 4.78 is 11.9. The molecule has 0 aromatic heterocycles. The minimum Gasteiger partial charge on any atom is -0.492 e. The van der Waals surface area contributed by atoms with Crippen molar-refractivity contribution in [2.75, 3.05) is 26.2 Å². The third kappa shape index (κ3) is 8.19. The lowest BCUT2D eigenvalue weighted by molar-refractivity contribution is 0.0520. The van der Waals surface area contributed by atoms with Crippen LogP contribution in [0.4, 0.5) is 4.79 Å². The van der Waals surface area contributed by atoms with Crippen molar-refractivity contribution in [2.24, 2.45) is 5.92 Å². The number of alkyl carbamates (subject to hydrolysis) is 1. The van der Waals surface area contributed by atoms with E-state index < -0.39 is 11.7 Å². The molecule has 0 spiro atoms. The van der Waals surface area contributed by atoms with E-state index in [9.17, 15) is 4.79 Å². The van der Waals surface area contributed by atoms with Crippen LogP contribution in [0.5, 0.6) is 5.75 Å². The van der Waals surface area contributed by atoms with Gasteiger partial charge in [0.15, 0.2) is 0 Å². The molecular formula is C20H28BrN3O3. The number of piperidine rings is 1. The lowest BCUT2D eigenvalue weighted by atomic mass is 9.98. The molecule has 7 heteroatoms. The Balaban J connectivity index is 1.79. The Kier molecular flexibility index (Phi) is 7.93. The van der Waals surface area contributed by atoms with Crippen LogP contribution >= 0.6 is 15.9 Å². The molecule has 27 heavy (non-hydrogen) atoms. The molecule has 1 saturated heterocycles. The van der Waals surface area contributed by atoms with Crippen LogP contribution in [0.1, 0.15) is 39.2 Å². The first kappa shape index (κ1) is 21.5. The molecule has 0 radical (unpaired) electrons. The molecule has 1 fully saturated rings. The van der Waals surface area contributed by atoms with E-state index >= 15 is 0 Å². The molecule has 148 valence electrons. The van der Waals surface area contributed by atoms with E-state index in [1.54, 1.807) is 0 Å². The summed E-state index contributed by atoms with van der Waals surface area (Å²) >= 11 is 3.53. The maximum absolute atomic E-state index is 11.6. The number of benzene rings is 1. The first-order valence-electron chi connectivity index (χ1n) is 9.26. The second-order valence-corrected chi connectivity index (χ2v) is 8.67. The van der Waals surface area contributed by atoms with Crippen molar-refractivity contribution < 1.29 is 14.3 Å². The molecule has 0 unspecified atom stereocenters. The van der Waals surface area contributed by atoms with E-state index in [-0.39, 0.29) is 5.92 Å². The summed E-state index contributed by atoms with van der Waals surface area (Å²) in [5.74, 6) is 0.956. The number of likely N-dealkylation sites (tertiary alicyclic amines) is 1. The fraction of sp³-hybridized carbons (Fsp3) is 0.600. The summed E-state index contributed by atoms with van der Waals surface area (Å²) in [5, 5.41) is 11.7. The predicted molar refractivity (Wildman–Crippen MR) is 107 cm³/mol. The average Bonchev–Trinajstić information content (AvgIpc) is 2.57. The van der Waals surface area contributed by atoms with Crippen LogP contribution in [0.15, 0.2) is 22.7 Å². The van der Waals surface area contributed by atoms with Gasteiger partial charge < -0.3 is 14.8 Å². The molecule has 1 heterocycles. The number of hydrogen-bond donors (Lipinski definition) is 1. The van der Waals surface area contributed by atoms with Crippen LogP contribution in [0.25, 0.3) is 0 Å². The van der Waals surface area contributed by atoms with Crippen molar-refractivity contribution in [2.45, 2.75) is 45.8 Å². The van der Waals surface area contributed by atoms with Crippen LogP contribution in [-0.4, -0.2) is 42.8 Å². The normalized spacial score (nSPS) is 15.8. The number of hydrogen-bond acceptors (Lipinski definition) is 5. The van der Waals surface area contributed by atoms with Crippen molar-refractivity contribution in [3.63, 3.8) is 0 Å². The molecule has 0 aliphatic carbocycles. The largest absolute Gasteiger partial charge is 0.492 e. The first-order chi connectivity index (χ1) is 12.7. The fourth-order valence-electron chi connectivity index (χ4n) is 2.91. The number of ether oxygens (including phenoxy) is 2. The van der Waals surface area contributed by atoms with Gasteiger partial charge in [0.25, 0.3) is 0 Å². The van der Waals surface area contributed by atoms with Crippen LogP contribution in [0, 0.1) is 17.2 Å². The summed E-state index contributed by atoms with van der Waals surface area (Å²) in [6.45, 7) is 8.95. The number of halogens is 1. The molecule has 1 amide bonds. The maximum Gasteiger partial charge on any atom is 0.407 e. The first-order valence-corrected chi connectivity index (χ1v) is 10.1. The molecule has 0 saturated carbocycles. The molecule has 1 aliphatic heterocycles. The van der Waals surface area contributed by atoms with Crippen molar-refractivity contribution in [1.29, 1.82) is 5.26 Å². The minimum atomic E-state index is -0.508. The van der Waals surface area contributed by atoms with Gasteiger partial charge in [0, 0.05) is 16.9 Å². The van der Waals surface area contributed by atoms with Crippen molar-refractivity contribution in [3.05, 3.63) is 28.2 Å². The Hall–Kier alpha value is -1.78. The number of rotatable bonds is 6. The highest BCUT2D eigenvalue weighted by Crippen LogP contribution is 2.24. The third-order valence-corrected chi connectivity index (χ3v) is 4.60. The smallest absolute Gasteiger partial charge is 0.407 e. The minimum absolute atomic E-state index is 0.195. The summed E-state index contributed by atoms with van der Waals surface area (Å²) in [7, 11) is 0. The number of nitrogens with zero attached hydrogens (tertiary/aromatic N) is 2. The monoisotopic (exact) mass is 437 g/mol. The summed E-state index contributed by atoms with van der Waals surface area (Å²) in [5.41, 5.74) is 0.654. The Morgan fingerprint density at radius 2 is 2.04 bits per heavy atom. The highest BCUT2D eigenvalue weighted by molar-refractivity contribution is 9.10. The molecule has 1 aromatic rings. The van der Waals surface area contributed by atoms with Gasteiger partial charge in [-0.3, -0.25) is 4.90 Å². The average molecular weight is 438 g/mol. The fourth-order valence-corrected chi connectivity index (χ4v) is 3.43. The van der Waals surface area contributed by atoms with Gasteiger partial charge in [-0.2, -0.15) is 5.26 Å². The van der Waals surface area contributed by atoms with E-state index in [1.165, 1.54) is 0 Å². The third-order valence-electron chi connectivity index (χ3n) is 4.15. The van der Waals surface area contributed by atoms with Gasteiger partial charge in [0.1, 0.15) is 18.0 Å². The standard InChI is InChI=1S/C20H28BrN3O3/c1-20(2,3)27-19(25)23-6-9-26-18-11-16(10-17(21)12-18)14-24-7-4-15(13-22)5-8-24/h10-12,15H,4-9,14H2,1-3H3,(H,23,25). The van der Waals surface area contributed by atoms with Gasteiger partial charge in [-0.25, -0.2) is 4.79 Å². The molecule has 1 N–H and O–H groups in total. The summed E-state index contributed by atoms with van der Waals surface area (Å²) in [6, 6.07) is 8.39. The molecule has 1 aliphatic rings. The number of nitrogens with one attached hydrogen (secondary N) is 1. The topological polar surface area (TPSA) is 74.6 Å². The van der Waals surface area contributed by atoms with Crippen molar-refractivity contribution >= 4 is 22.0 Å². The van der Waals surface area contributed by atoms with E-state index in [0.29, 0.717) is 13.2 Å². The second kappa shape index (κ2) is 9.95. The second-order valence-electron chi connectivity index (χ2n) is 7.75. The van der Waals surface area contributed by atoms with Gasteiger partial charge in [0.2, 0.25) is 0 Å². The zero-order valence-corrected chi connectivity index (χ0v) is 17.8. The van der Waals surface area contributed by atoms with Gasteiger partial charge in [-0.05, 0) is 70.5 Å². The zero-order chi connectivity index (χ0) is 19.9.